The fourth-order valence-corrected chi connectivity index (χ4v) is 2.69. The van der Waals surface area contributed by atoms with Gasteiger partial charge in [-0.05, 0) is 44.0 Å². The summed E-state index contributed by atoms with van der Waals surface area (Å²) in [5.74, 6) is 0.726. The Morgan fingerprint density at radius 3 is 2.12 bits per heavy atom. The molecule has 2 aromatic rings. The van der Waals surface area contributed by atoms with Crippen molar-refractivity contribution in [1.29, 1.82) is 0 Å². The van der Waals surface area contributed by atoms with E-state index in [-0.39, 0.29) is 18.8 Å². The Hall–Kier alpha value is -2.76. The SMILES string of the molecule is COc1cc(CCC(=O)OCC(=O)c2cc(C)n(C)c2C)cc(OC)c1. The van der Waals surface area contributed by atoms with Gasteiger partial charge in [-0.25, -0.2) is 0 Å². The maximum atomic E-state index is 12.3. The normalized spacial score (nSPS) is 10.5. The Morgan fingerprint density at radius 2 is 1.62 bits per heavy atom. The third-order valence-electron chi connectivity index (χ3n) is 4.47. The van der Waals surface area contributed by atoms with E-state index in [1.54, 1.807) is 20.3 Å². The second-order valence-electron chi connectivity index (χ2n) is 6.15. The van der Waals surface area contributed by atoms with Gasteiger partial charge in [0.1, 0.15) is 11.5 Å². The summed E-state index contributed by atoms with van der Waals surface area (Å²) in [6.07, 6.45) is 0.653. The molecular formula is C20H25NO5. The molecule has 0 bridgehead atoms. The molecule has 140 valence electrons. The number of hydrogen-bond donors (Lipinski definition) is 0. The number of aryl methyl sites for hydroxylation is 2. The Kier molecular flexibility index (Phi) is 6.44. The molecule has 6 heteroatoms. The number of rotatable bonds is 8. The first-order valence-electron chi connectivity index (χ1n) is 8.39. The number of esters is 1. The van der Waals surface area contributed by atoms with Crippen molar-refractivity contribution in [2.45, 2.75) is 26.7 Å². The molecule has 0 saturated heterocycles. The molecule has 0 atom stereocenters. The van der Waals surface area contributed by atoms with Gasteiger partial charge in [-0.1, -0.05) is 0 Å². The van der Waals surface area contributed by atoms with Gasteiger partial charge in [0.25, 0.3) is 0 Å². The van der Waals surface area contributed by atoms with Crippen molar-refractivity contribution >= 4 is 11.8 Å². The van der Waals surface area contributed by atoms with Crippen LogP contribution >= 0.6 is 0 Å². The second kappa shape index (κ2) is 8.56. The van der Waals surface area contributed by atoms with E-state index in [2.05, 4.69) is 0 Å². The molecule has 0 unspecified atom stereocenters. The number of Topliss-reactive ketones (excluding diaryl/α,β-unsaturated/α-hetero) is 1. The number of ketones is 1. The van der Waals surface area contributed by atoms with Gasteiger partial charge in [0.05, 0.1) is 14.2 Å². The van der Waals surface area contributed by atoms with Crippen molar-refractivity contribution in [3.8, 4) is 11.5 Å². The largest absolute Gasteiger partial charge is 0.497 e. The number of methoxy groups -OCH3 is 2. The Morgan fingerprint density at radius 1 is 1.00 bits per heavy atom. The molecule has 0 N–H and O–H groups in total. The summed E-state index contributed by atoms with van der Waals surface area (Å²) in [6.45, 7) is 3.56. The minimum Gasteiger partial charge on any atom is -0.497 e. The molecule has 1 aromatic carbocycles. The zero-order valence-corrected chi connectivity index (χ0v) is 15.9. The predicted molar refractivity (Wildman–Crippen MR) is 98.0 cm³/mol. The van der Waals surface area contributed by atoms with E-state index in [0.717, 1.165) is 17.0 Å². The first kappa shape index (κ1) is 19.6. The van der Waals surface area contributed by atoms with Crippen LogP contribution in [0.25, 0.3) is 0 Å². The van der Waals surface area contributed by atoms with E-state index in [9.17, 15) is 9.59 Å². The van der Waals surface area contributed by atoms with E-state index in [4.69, 9.17) is 14.2 Å². The predicted octanol–water partition coefficient (Wildman–Crippen LogP) is 3.02. The van der Waals surface area contributed by atoms with Crippen molar-refractivity contribution in [1.82, 2.24) is 4.57 Å². The summed E-state index contributed by atoms with van der Waals surface area (Å²) >= 11 is 0. The number of carbonyl (C=O) groups excluding carboxylic acids is 2. The van der Waals surface area contributed by atoms with Gasteiger partial charge in [-0.3, -0.25) is 9.59 Å². The van der Waals surface area contributed by atoms with Crippen LogP contribution in [0.5, 0.6) is 11.5 Å². The highest BCUT2D eigenvalue weighted by molar-refractivity contribution is 5.99. The van der Waals surface area contributed by atoms with Gasteiger partial charge in [-0.15, -0.1) is 0 Å². The quantitative estimate of drug-likeness (QED) is 0.535. The third-order valence-corrected chi connectivity index (χ3v) is 4.47. The summed E-state index contributed by atoms with van der Waals surface area (Å²) < 4.78 is 17.5. The van der Waals surface area contributed by atoms with E-state index in [1.807, 2.05) is 43.7 Å². The lowest BCUT2D eigenvalue weighted by molar-refractivity contribution is -0.142. The van der Waals surface area contributed by atoms with Crippen LogP contribution in [0.1, 0.15) is 33.7 Å². The van der Waals surface area contributed by atoms with Crippen LogP contribution in [-0.2, 0) is 23.0 Å². The highest BCUT2D eigenvalue weighted by Gasteiger charge is 2.16. The first-order valence-corrected chi connectivity index (χ1v) is 8.39. The van der Waals surface area contributed by atoms with Crippen LogP contribution in [0.15, 0.2) is 24.3 Å². The Labute approximate surface area is 153 Å². The van der Waals surface area contributed by atoms with Crippen molar-refractivity contribution in [3.63, 3.8) is 0 Å². The lowest BCUT2D eigenvalue weighted by Crippen LogP contribution is -2.15. The molecule has 0 aliphatic carbocycles. The Balaban J connectivity index is 1.89. The van der Waals surface area contributed by atoms with Crippen molar-refractivity contribution in [3.05, 3.63) is 46.8 Å². The summed E-state index contributed by atoms with van der Waals surface area (Å²) in [5, 5.41) is 0. The zero-order chi connectivity index (χ0) is 19.3. The van der Waals surface area contributed by atoms with E-state index < -0.39 is 5.97 Å². The molecule has 1 heterocycles. The van der Waals surface area contributed by atoms with Crippen LogP contribution in [0.4, 0.5) is 0 Å². The number of carbonyl (C=O) groups is 2. The topological polar surface area (TPSA) is 66.8 Å². The lowest BCUT2D eigenvalue weighted by atomic mass is 10.1. The monoisotopic (exact) mass is 359 g/mol. The maximum absolute atomic E-state index is 12.3. The minimum absolute atomic E-state index is 0.177. The zero-order valence-electron chi connectivity index (χ0n) is 15.9. The molecule has 2 rings (SSSR count). The van der Waals surface area contributed by atoms with Gasteiger partial charge >= 0.3 is 5.97 Å². The molecule has 0 fully saturated rings. The van der Waals surface area contributed by atoms with Gasteiger partial charge in [0.2, 0.25) is 5.78 Å². The standard InChI is InChI=1S/C20H25NO5/c1-13-8-18(14(2)21(13)3)19(22)12-26-20(23)7-6-15-9-16(24-4)11-17(10-15)25-5/h8-11H,6-7,12H2,1-5H3. The number of aromatic nitrogens is 1. The average molecular weight is 359 g/mol. The molecule has 0 radical (unpaired) electrons. The number of hydrogen-bond acceptors (Lipinski definition) is 5. The fraction of sp³-hybridized carbons (Fsp3) is 0.400. The van der Waals surface area contributed by atoms with Gasteiger partial charge in [-0.2, -0.15) is 0 Å². The van der Waals surface area contributed by atoms with Crippen molar-refractivity contribution < 1.29 is 23.8 Å². The second-order valence-corrected chi connectivity index (χ2v) is 6.15. The van der Waals surface area contributed by atoms with Gasteiger partial charge in [0.15, 0.2) is 6.61 Å². The molecule has 26 heavy (non-hydrogen) atoms. The van der Waals surface area contributed by atoms with Crippen molar-refractivity contribution in [2.75, 3.05) is 20.8 Å². The number of ether oxygens (including phenoxy) is 3. The molecule has 0 amide bonds. The summed E-state index contributed by atoms with van der Waals surface area (Å²) in [6, 6.07) is 7.27. The molecule has 6 nitrogen and oxygen atoms in total. The maximum Gasteiger partial charge on any atom is 0.306 e. The lowest BCUT2D eigenvalue weighted by Gasteiger charge is -2.08. The molecular weight excluding hydrogens is 334 g/mol. The van der Waals surface area contributed by atoms with Gasteiger partial charge in [0, 0.05) is 36.5 Å². The molecule has 1 aromatic heterocycles. The summed E-state index contributed by atoms with van der Waals surface area (Å²) in [7, 11) is 5.05. The minimum atomic E-state index is -0.412. The van der Waals surface area contributed by atoms with E-state index >= 15 is 0 Å². The molecule has 0 aliphatic rings. The molecule has 0 spiro atoms. The number of benzene rings is 1. The van der Waals surface area contributed by atoms with E-state index in [1.165, 1.54) is 0 Å². The third kappa shape index (κ3) is 4.65. The average Bonchev–Trinajstić information content (AvgIpc) is 2.91. The summed E-state index contributed by atoms with van der Waals surface area (Å²) in [4.78, 5) is 24.2. The van der Waals surface area contributed by atoms with Crippen LogP contribution in [0, 0.1) is 13.8 Å². The van der Waals surface area contributed by atoms with Crippen LogP contribution in [0.3, 0.4) is 0 Å². The first-order chi connectivity index (χ1) is 12.3. The highest BCUT2D eigenvalue weighted by atomic mass is 16.5. The smallest absolute Gasteiger partial charge is 0.306 e. The van der Waals surface area contributed by atoms with Crippen LogP contribution in [-0.4, -0.2) is 37.1 Å². The van der Waals surface area contributed by atoms with Crippen molar-refractivity contribution in [2.24, 2.45) is 7.05 Å². The van der Waals surface area contributed by atoms with E-state index in [0.29, 0.717) is 23.5 Å². The Bertz CT molecular complexity index is 785. The summed E-state index contributed by atoms with van der Waals surface area (Å²) in [5.41, 5.74) is 3.35. The molecule has 0 aliphatic heterocycles. The number of nitrogens with zero attached hydrogens (tertiary/aromatic N) is 1. The van der Waals surface area contributed by atoms with Crippen LogP contribution < -0.4 is 9.47 Å². The molecule has 0 saturated carbocycles. The highest BCUT2D eigenvalue weighted by Crippen LogP contribution is 2.23. The fourth-order valence-electron chi connectivity index (χ4n) is 2.69. The van der Waals surface area contributed by atoms with Gasteiger partial charge < -0.3 is 18.8 Å². The van der Waals surface area contributed by atoms with Crippen LogP contribution in [0.2, 0.25) is 0 Å².